The standard InChI is InChI=1S/C18H19F2N/c1-3-11(2)12-5-7-17-14(8-12)10-18(21-17)13-4-6-15(19)16(20)9-13/h4-9,11,18,21H,3,10H2,1-2H3. The predicted molar refractivity (Wildman–Crippen MR) is 81.6 cm³/mol. The van der Waals surface area contributed by atoms with Crippen molar-refractivity contribution < 1.29 is 8.78 Å². The van der Waals surface area contributed by atoms with Gasteiger partial charge in [-0.1, -0.05) is 32.0 Å². The van der Waals surface area contributed by atoms with E-state index in [0.29, 0.717) is 5.92 Å². The molecule has 0 saturated heterocycles. The molecule has 2 atom stereocenters. The van der Waals surface area contributed by atoms with Crippen molar-refractivity contribution in [1.82, 2.24) is 0 Å². The van der Waals surface area contributed by atoms with Crippen molar-refractivity contribution in [3.05, 3.63) is 64.7 Å². The van der Waals surface area contributed by atoms with Crippen LogP contribution in [0.1, 0.15) is 48.9 Å². The van der Waals surface area contributed by atoms with Crippen molar-refractivity contribution in [2.75, 3.05) is 5.32 Å². The van der Waals surface area contributed by atoms with Crippen LogP contribution in [0.5, 0.6) is 0 Å². The molecule has 0 saturated carbocycles. The number of hydrogen-bond donors (Lipinski definition) is 1. The first-order valence-corrected chi connectivity index (χ1v) is 7.42. The Labute approximate surface area is 124 Å². The van der Waals surface area contributed by atoms with Crippen LogP contribution in [0.15, 0.2) is 36.4 Å². The first-order valence-electron chi connectivity index (χ1n) is 7.42. The van der Waals surface area contributed by atoms with Crippen molar-refractivity contribution in [3.63, 3.8) is 0 Å². The maximum atomic E-state index is 13.4. The Morgan fingerprint density at radius 1 is 1.14 bits per heavy atom. The van der Waals surface area contributed by atoms with Gasteiger partial charge in [0.05, 0.1) is 6.04 Å². The molecule has 0 fully saturated rings. The maximum absolute atomic E-state index is 13.4. The zero-order valence-electron chi connectivity index (χ0n) is 12.3. The van der Waals surface area contributed by atoms with Crippen LogP contribution in [-0.4, -0.2) is 0 Å². The summed E-state index contributed by atoms with van der Waals surface area (Å²) in [6.07, 6.45) is 1.92. The van der Waals surface area contributed by atoms with Gasteiger partial charge in [-0.25, -0.2) is 8.78 Å². The van der Waals surface area contributed by atoms with Crippen molar-refractivity contribution in [3.8, 4) is 0 Å². The molecule has 110 valence electrons. The average molecular weight is 287 g/mol. The van der Waals surface area contributed by atoms with Crippen LogP contribution in [-0.2, 0) is 6.42 Å². The van der Waals surface area contributed by atoms with Crippen molar-refractivity contribution in [2.24, 2.45) is 0 Å². The van der Waals surface area contributed by atoms with E-state index in [2.05, 4.69) is 37.4 Å². The number of benzene rings is 2. The number of fused-ring (bicyclic) bond motifs is 1. The molecular formula is C18H19F2N. The van der Waals surface area contributed by atoms with Gasteiger partial charge in [-0.2, -0.15) is 0 Å². The molecule has 1 nitrogen and oxygen atoms in total. The van der Waals surface area contributed by atoms with Gasteiger partial charge in [-0.15, -0.1) is 0 Å². The number of anilines is 1. The van der Waals surface area contributed by atoms with Crippen LogP contribution in [0.2, 0.25) is 0 Å². The molecule has 1 N–H and O–H groups in total. The molecule has 1 heterocycles. The zero-order chi connectivity index (χ0) is 15.0. The third-order valence-corrected chi connectivity index (χ3v) is 4.41. The summed E-state index contributed by atoms with van der Waals surface area (Å²) in [6.45, 7) is 4.40. The quantitative estimate of drug-likeness (QED) is 0.819. The van der Waals surface area contributed by atoms with E-state index in [1.165, 1.54) is 23.3 Å². The smallest absolute Gasteiger partial charge is 0.159 e. The summed E-state index contributed by atoms with van der Waals surface area (Å²) in [6, 6.07) is 10.6. The zero-order valence-corrected chi connectivity index (χ0v) is 12.3. The number of halogens is 2. The summed E-state index contributed by atoms with van der Waals surface area (Å²) in [7, 11) is 0. The second-order valence-electron chi connectivity index (χ2n) is 5.80. The van der Waals surface area contributed by atoms with Crippen molar-refractivity contribution >= 4 is 5.69 Å². The fourth-order valence-corrected chi connectivity index (χ4v) is 2.85. The summed E-state index contributed by atoms with van der Waals surface area (Å²) in [4.78, 5) is 0. The van der Waals surface area contributed by atoms with Crippen molar-refractivity contribution in [1.29, 1.82) is 0 Å². The van der Waals surface area contributed by atoms with Gasteiger partial charge in [0.1, 0.15) is 0 Å². The van der Waals surface area contributed by atoms with E-state index in [1.54, 1.807) is 6.07 Å². The molecule has 0 amide bonds. The van der Waals surface area contributed by atoms with E-state index in [-0.39, 0.29) is 6.04 Å². The highest BCUT2D eigenvalue weighted by Gasteiger charge is 2.23. The Morgan fingerprint density at radius 2 is 1.95 bits per heavy atom. The molecule has 0 bridgehead atoms. The van der Waals surface area contributed by atoms with Crippen LogP contribution < -0.4 is 5.32 Å². The summed E-state index contributed by atoms with van der Waals surface area (Å²) < 4.78 is 26.4. The van der Waals surface area contributed by atoms with E-state index < -0.39 is 11.6 Å². The second kappa shape index (κ2) is 5.47. The van der Waals surface area contributed by atoms with E-state index in [4.69, 9.17) is 0 Å². The van der Waals surface area contributed by atoms with Crippen LogP contribution in [0.25, 0.3) is 0 Å². The highest BCUT2D eigenvalue weighted by Crippen LogP contribution is 2.36. The molecule has 0 radical (unpaired) electrons. The van der Waals surface area contributed by atoms with E-state index >= 15 is 0 Å². The Morgan fingerprint density at radius 3 is 2.67 bits per heavy atom. The Hall–Kier alpha value is -1.90. The molecule has 1 aliphatic rings. The van der Waals surface area contributed by atoms with Gasteiger partial charge in [0, 0.05) is 5.69 Å². The molecule has 0 aliphatic carbocycles. The molecule has 0 aromatic heterocycles. The Balaban J connectivity index is 1.85. The molecule has 3 rings (SSSR count). The SMILES string of the molecule is CCC(C)c1ccc2c(c1)CC(c1ccc(F)c(F)c1)N2. The number of nitrogens with one attached hydrogen (secondary N) is 1. The van der Waals surface area contributed by atoms with Gasteiger partial charge >= 0.3 is 0 Å². The minimum atomic E-state index is -0.798. The van der Waals surface area contributed by atoms with Gasteiger partial charge in [0.2, 0.25) is 0 Å². The van der Waals surface area contributed by atoms with Crippen LogP contribution >= 0.6 is 0 Å². The highest BCUT2D eigenvalue weighted by molar-refractivity contribution is 5.59. The first kappa shape index (κ1) is 14.1. The molecule has 21 heavy (non-hydrogen) atoms. The third-order valence-electron chi connectivity index (χ3n) is 4.41. The normalized spacial score (nSPS) is 18.2. The predicted octanol–water partition coefficient (Wildman–Crippen LogP) is 5.19. The molecule has 1 aliphatic heterocycles. The lowest BCUT2D eigenvalue weighted by atomic mass is 9.95. The lowest BCUT2D eigenvalue weighted by Gasteiger charge is -2.12. The Kier molecular flexibility index (Phi) is 3.66. The largest absolute Gasteiger partial charge is 0.378 e. The summed E-state index contributed by atoms with van der Waals surface area (Å²) in [5.41, 5.74) is 4.47. The lowest BCUT2D eigenvalue weighted by molar-refractivity contribution is 0.506. The van der Waals surface area contributed by atoms with Crippen molar-refractivity contribution in [2.45, 2.75) is 38.6 Å². The van der Waals surface area contributed by atoms with E-state index in [1.807, 2.05) is 0 Å². The van der Waals surface area contributed by atoms with Gasteiger partial charge in [-0.05, 0) is 53.6 Å². The molecule has 2 unspecified atom stereocenters. The van der Waals surface area contributed by atoms with E-state index in [9.17, 15) is 8.78 Å². The monoisotopic (exact) mass is 287 g/mol. The fourth-order valence-electron chi connectivity index (χ4n) is 2.85. The average Bonchev–Trinajstić information content (AvgIpc) is 2.92. The topological polar surface area (TPSA) is 12.0 Å². The summed E-state index contributed by atoms with van der Waals surface area (Å²) in [5.74, 6) is -1.04. The minimum Gasteiger partial charge on any atom is -0.378 e. The molecule has 2 aromatic carbocycles. The van der Waals surface area contributed by atoms with Gasteiger partial charge in [-0.3, -0.25) is 0 Å². The fraction of sp³-hybridized carbons (Fsp3) is 0.333. The van der Waals surface area contributed by atoms with Gasteiger partial charge in [0.25, 0.3) is 0 Å². The van der Waals surface area contributed by atoms with Gasteiger partial charge < -0.3 is 5.32 Å². The molecular weight excluding hydrogens is 268 g/mol. The minimum absolute atomic E-state index is 0.0160. The summed E-state index contributed by atoms with van der Waals surface area (Å²) >= 11 is 0. The molecule has 0 spiro atoms. The van der Waals surface area contributed by atoms with Crippen LogP contribution in [0, 0.1) is 11.6 Å². The highest BCUT2D eigenvalue weighted by atomic mass is 19.2. The molecule has 2 aromatic rings. The van der Waals surface area contributed by atoms with E-state index in [0.717, 1.165) is 24.1 Å². The summed E-state index contributed by atoms with van der Waals surface area (Å²) in [5, 5.41) is 3.39. The third kappa shape index (κ3) is 2.65. The lowest BCUT2D eigenvalue weighted by Crippen LogP contribution is -2.06. The van der Waals surface area contributed by atoms with Crippen LogP contribution in [0.4, 0.5) is 14.5 Å². The molecule has 3 heteroatoms. The maximum Gasteiger partial charge on any atom is 0.159 e. The first-order chi connectivity index (χ1) is 10.1. The number of hydrogen-bond acceptors (Lipinski definition) is 1. The van der Waals surface area contributed by atoms with Gasteiger partial charge in [0.15, 0.2) is 11.6 Å². The van der Waals surface area contributed by atoms with Crippen LogP contribution in [0.3, 0.4) is 0 Å². The Bertz CT molecular complexity index is 666. The number of rotatable bonds is 3. The second-order valence-corrected chi connectivity index (χ2v) is 5.80.